The molecule has 0 heterocycles. The van der Waals surface area contributed by atoms with Gasteiger partial charge in [-0.15, -0.1) is 0 Å². The van der Waals surface area contributed by atoms with E-state index in [9.17, 15) is 4.79 Å². The maximum absolute atomic E-state index is 12.0. The number of carbonyl (C=O) groups excluding carboxylic acids is 1. The summed E-state index contributed by atoms with van der Waals surface area (Å²) in [6.07, 6.45) is 0. The zero-order valence-corrected chi connectivity index (χ0v) is 16.7. The minimum Gasteiger partial charge on any atom is -0.465 e. The highest BCUT2D eigenvalue weighted by Gasteiger charge is 2.14. The number of benzene rings is 4. The molecule has 0 saturated heterocycles. The monoisotopic (exact) mass is 394 g/mol. The van der Waals surface area contributed by atoms with E-state index in [4.69, 9.17) is 10.5 Å². The Kier molecular flexibility index (Phi) is 5.48. The maximum atomic E-state index is 12.0. The second-order valence-electron chi connectivity index (χ2n) is 6.85. The van der Waals surface area contributed by atoms with Crippen LogP contribution in [0.15, 0.2) is 103 Å². The van der Waals surface area contributed by atoms with Gasteiger partial charge in [-0.3, -0.25) is 0 Å². The van der Waals surface area contributed by atoms with Gasteiger partial charge in [0.05, 0.1) is 12.7 Å². The summed E-state index contributed by atoms with van der Waals surface area (Å²) in [4.78, 5) is 14.2. The maximum Gasteiger partial charge on any atom is 0.339 e. The van der Waals surface area contributed by atoms with Crippen LogP contribution in [0.5, 0.6) is 0 Å². The second kappa shape index (κ2) is 8.53. The van der Waals surface area contributed by atoms with Crippen molar-refractivity contribution in [2.45, 2.75) is 0 Å². The summed E-state index contributed by atoms with van der Waals surface area (Å²) in [6, 6.07) is 34.1. The van der Waals surface area contributed by atoms with Gasteiger partial charge in [-0.05, 0) is 59.7 Å². The Hall–Kier alpha value is -4.05. The normalized spacial score (nSPS) is 10.4. The van der Waals surface area contributed by atoms with E-state index in [0.717, 1.165) is 28.2 Å². The molecular formula is C26H22N2O2. The number of anilines is 4. The molecule has 0 spiro atoms. The average molecular weight is 394 g/mol. The van der Waals surface area contributed by atoms with Crippen molar-refractivity contribution >= 4 is 28.7 Å². The highest BCUT2D eigenvalue weighted by atomic mass is 16.5. The molecule has 148 valence electrons. The van der Waals surface area contributed by atoms with Gasteiger partial charge in [0.15, 0.2) is 0 Å². The van der Waals surface area contributed by atoms with Crippen molar-refractivity contribution in [3.05, 3.63) is 109 Å². The fourth-order valence-corrected chi connectivity index (χ4v) is 3.43. The zero-order chi connectivity index (χ0) is 20.9. The minimum atomic E-state index is -0.440. The van der Waals surface area contributed by atoms with E-state index < -0.39 is 5.97 Å². The van der Waals surface area contributed by atoms with Crippen LogP contribution in [0.2, 0.25) is 0 Å². The third-order valence-corrected chi connectivity index (χ3v) is 4.95. The quantitative estimate of drug-likeness (QED) is 0.324. The lowest BCUT2D eigenvalue weighted by molar-refractivity contribution is 0.0602. The lowest BCUT2D eigenvalue weighted by Crippen LogP contribution is -2.09. The number of carbonyl (C=O) groups is 1. The molecule has 2 N–H and O–H groups in total. The van der Waals surface area contributed by atoms with Gasteiger partial charge >= 0.3 is 5.97 Å². The fraction of sp³-hybridized carbons (Fsp3) is 0.0385. The number of esters is 1. The van der Waals surface area contributed by atoms with Crippen molar-refractivity contribution in [1.29, 1.82) is 0 Å². The third-order valence-electron chi connectivity index (χ3n) is 4.95. The molecule has 4 nitrogen and oxygen atoms in total. The molecule has 0 unspecified atom stereocenters. The largest absolute Gasteiger partial charge is 0.465 e. The Morgan fingerprint density at radius 3 is 1.73 bits per heavy atom. The van der Waals surface area contributed by atoms with Crippen LogP contribution in [-0.4, -0.2) is 13.1 Å². The molecule has 0 aliphatic rings. The molecule has 0 radical (unpaired) electrons. The zero-order valence-electron chi connectivity index (χ0n) is 16.7. The molecule has 0 amide bonds. The molecule has 0 fully saturated rings. The molecule has 4 aromatic carbocycles. The Labute approximate surface area is 176 Å². The summed E-state index contributed by atoms with van der Waals surface area (Å²) in [5.74, 6) is -0.440. The number of hydrogen-bond donors (Lipinski definition) is 1. The molecular weight excluding hydrogens is 372 g/mol. The number of methoxy groups -OCH3 is 1. The summed E-state index contributed by atoms with van der Waals surface area (Å²) in [7, 11) is 1.35. The molecule has 0 saturated carbocycles. The van der Waals surface area contributed by atoms with Gasteiger partial charge in [0.1, 0.15) is 0 Å². The van der Waals surface area contributed by atoms with Crippen molar-refractivity contribution in [2.75, 3.05) is 17.7 Å². The first-order valence-electron chi connectivity index (χ1n) is 9.66. The molecule has 0 bridgehead atoms. The van der Waals surface area contributed by atoms with Gasteiger partial charge in [-0.2, -0.15) is 0 Å². The second-order valence-corrected chi connectivity index (χ2v) is 6.85. The molecule has 4 heteroatoms. The predicted molar refractivity (Wildman–Crippen MR) is 122 cm³/mol. The molecule has 4 rings (SSSR count). The van der Waals surface area contributed by atoms with Crippen molar-refractivity contribution in [3.8, 4) is 11.1 Å². The number of para-hydroxylation sites is 2. The first-order chi connectivity index (χ1) is 14.7. The molecule has 0 aromatic heterocycles. The number of nitrogen functional groups attached to an aromatic ring is 1. The first kappa shape index (κ1) is 19.3. The van der Waals surface area contributed by atoms with Crippen LogP contribution in [0.4, 0.5) is 22.7 Å². The number of ether oxygens (including phenoxy) is 1. The third kappa shape index (κ3) is 3.89. The molecule has 30 heavy (non-hydrogen) atoms. The molecule has 0 atom stereocenters. The Balaban J connectivity index is 1.72. The highest BCUT2D eigenvalue weighted by molar-refractivity contribution is 5.96. The van der Waals surface area contributed by atoms with E-state index in [1.54, 1.807) is 12.1 Å². The van der Waals surface area contributed by atoms with E-state index >= 15 is 0 Å². The minimum absolute atomic E-state index is 0.370. The average Bonchev–Trinajstić information content (AvgIpc) is 2.81. The van der Waals surface area contributed by atoms with Crippen molar-refractivity contribution in [1.82, 2.24) is 0 Å². The van der Waals surface area contributed by atoms with Gasteiger partial charge in [-0.25, -0.2) is 4.79 Å². The SMILES string of the molecule is COC(=O)c1cc(-c2ccc(N(c3ccccc3)c3ccccc3)cc2)ccc1N. The summed E-state index contributed by atoms with van der Waals surface area (Å²) in [5, 5.41) is 0. The summed E-state index contributed by atoms with van der Waals surface area (Å²) >= 11 is 0. The summed E-state index contributed by atoms with van der Waals surface area (Å²) in [5.41, 5.74) is 11.8. The Morgan fingerprint density at radius 1 is 0.700 bits per heavy atom. The van der Waals surface area contributed by atoms with Crippen molar-refractivity contribution < 1.29 is 9.53 Å². The van der Waals surface area contributed by atoms with E-state index in [2.05, 4.69) is 41.3 Å². The lowest BCUT2D eigenvalue weighted by Gasteiger charge is -2.25. The summed E-state index contributed by atoms with van der Waals surface area (Å²) in [6.45, 7) is 0. The molecule has 0 aliphatic heterocycles. The van der Waals surface area contributed by atoms with E-state index in [1.807, 2.05) is 54.6 Å². The lowest BCUT2D eigenvalue weighted by atomic mass is 10.0. The van der Waals surface area contributed by atoms with Crippen LogP contribution in [0.1, 0.15) is 10.4 Å². The number of nitrogens with two attached hydrogens (primary N) is 1. The number of rotatable bonds is 5. The summed E-state index contributed by atoms with van der Waals surface area (Å²) < 4.78 is 4.83. The smallest absolute Gasteiger partial charge is 0.339 e. The molecule has 0 aliphatic carbocycles. The Bertz CT molecular complexity index is 1100. The standard InChI is InChI=1S/C26H22N2O2/c1-30-26(29)24-18-20(14-17-25(24)27)19-12-15-23(16-13-19)28(21-8-4-2-5-9-21)22-10-6-3-7-11-22/h2-18H,27H2,1H3. The first-order valence-corrected chi connectivity index (χ1v) is 9.66. The van der Waals surface area contributed by atoms with Crippen LogP contribution in [0, 0.1) is 0 Å². The fourth-order valence-electron chi connectivity index (χ4n) is 3.43. The van der Waals surface area contributed by atoms with E-state index in [1.165, 1.54) is 7.11 Å². The van der Waals surface area contributed by atoms with Crippen LogP contribution >= 0.6 is 0 Å². The van der Waals surface area contributed by atoms with Crippen LogP contribution in [-0.2, 0) is 4.74 Å². The van der Waals surface area contributed by atoms with Crippen molar-refractivity contribution in [2.24, 2.45) is 0 Å². The predicted octanol–water partition coefficient (Wildman–Crippen LogP) is 6.19. The van der Waals surface area contributed by atoms with Gasteiger partial charge in [0.25, 0.3) is 0 Å². The van der Waals surface area contributed by atoms with Crippen molar-refractivity contribution in [3.63, 3.8) is 0 Å². The topological polar surface area (TPSA) is 55.6 Å². The van der Waals surface area contributed by atoms with Crippen LogP contribution < -0.4 is 10.6 Å². The van der Waals surface area contributed by atoms with E-state index in [-0.39, 0.29) is 0 Å². The number of hydrogen-bond acceptors (Lipinski definition) is 4. The van der Waals surface area contributed by atoms with Crippen LogP contribution in [0.25, 0.3) is 11.1 Å². The van der Waals surface area contributed by atoms with Gasteiger partial charge in [0, 0.05) is 22.7 Å². The van der Waals surface area contributed by atoms with Gasteiger partial charge < -0.3 is 15.4 Å². The van der Waals surface area contributed by atoms with Crippen LogP contribution in [0.3, 0.4) is 0 Å². The number of nitrogens with zero attached hydrogens (tertiary/aromatic N) is 1. The highest BCUT2D eigenvalue weighted by Crippen LogP contribution is 2.35. The van der Waals surface area contributed by atoms with Gasteiger partial charge in [-0.1, -0.05) is 54.6 Å². The Morgan fingerprint density at radius 2 is 1.20 bits per heavy atom. The van der Waals surface area contributed by atoms with E-state index in [0.29, 0.717) is 11.3 Å². The van der Waals surface area contributed by atoms with Gasteiger partial charge in [0.2, 0.25) is 0 Å². The molecule has 4 aromatic rings.